The highest BCUT2D eigenvalue weighted by Crippen LogP contribution is 2.21. The van der Waals surface area contributed by atoms with Crippen molar-refractivity contribution in [3.63, 3.8) is 0 Å². The summed E-state index contributed by atoms with van der Waals surface area (Å²) in [6.07, 6.45) is 0. The molecular formula is C11H12BrClFN. The molecule has 1 N–H and O–H groups in total. The van der Waals surface area contributed by atoms with Gasteiger partial charge in [-0.1, -0.05) is 34.1 Å². The first-order chi connectivity index (χ1) is 7.00. The SMILES string of the molecule is C=C(Cl)CNC(C)c1cc(Br)ccc1F. The fraction of sp³-hybridized carbons (Fsp3) is 0.273. The van der Waals surface area contributed by atoms with Crippen molar-refractivity contribution >= 4 is 27.5 Å². The Balaban J connectivity index is 2.76. The molecule has 1 nitrogen and oxygen atoms in total. The van der Waals surface area contributed by atoms with Gasteiger partial charge in [-0.2, -0.15) is 0 Å². The molecule has 4 heteroatoms. The summed E-state index contributed by atoms with van der Waals surface area (Å²) in [5.74, 6) is -0.224. The van der Waals surface area contributed by atoms with Crippen LogP contribution in [-0.2, 0) is 0 Å². The summed E-state index contributed by atoms with van der Waals surface area (Å²) in [7, 11) is 0. The highest BCUT2D eigenvalue weighted by atomic mass is 79.9. The number of halogens is 3. The molecule has 1 atom stereocenters. The third-order valence-electron chi connectivity index (χ3n) is 2.02. The summed E-state index contributed by atoms with van der Waals surface area (Å²) in [5, 5.41) is 3.59. The molecule has 0 aliphatic heterocycles. The van der Waals surface area contributed by atoms with E-state index in [1.165, 1.54) is 6.07 Å². The average molecular weight is 293 g/mol. The molecule has 0 radical (unpaired) electrons. The standard InChI is InChI=1S/C11H12BrClFN/c1-7(13)6-15-8(2)10-5-9(12)3-4-11(10)14/h3-5,8,15H,1,6H2,2H3. The smallest absolute Gasteiger partial charge is 0.128 e. The first-order valence-electron chi connectivity index (χ1n) is 4.52. The Bertz CT molecular complexity index is 368. The lowest BCUT2D eigenvalue weighted by Crippen LogP contribution is -2.20. The lowest BCUT2D eigenvalue weighted by molar-refractivity contribution is 0.547. The molecule has 82 valence electrons. The zero-order valence-electron chi connectivity index (χ0n) is 8.36. The van der Waals surface area contributed by atoms with Gasteiger partial charge in [0.1, 0.15) is 5.82 Å². The normalized spacial score (nSPS) is 12.5. The van der Waals surface area contributed by atoms with Gasteiger partial charge in [-0.05, 0) is 25.1 Å². The van der Waals surface area contributed by atoms with Gasteiger partial charge in [-0.3, -0.25) is 0 Å². The van der Waals surface area contributed by atoms with Gasteiger partial charge in [0.15, 0.2) is 0 Å². The molecule has 0 saturated heterocycles. The second-order valence-electron chi connectivity index (χ2n) is 3.29. The van der Waals surface area contributed by atoms with Crippen molar-refractivity contribution in [2.24, 2.45) is 0 Å². The molecular weight excluding hydrogens is 280 g/mol. The molecule has 0 aliphatic carbocycles. The Morgan fingerprint density at radius 1 is 1.67 bits per heavy atom. The number of rotatable bonds is 4. The average Bonchev–Trinajstić information content (AvgIpc) is 2.18. The van der Waals surface area contributed by atoms with Gasteiger partial charge in [-0.25, -0.2) is 4.39 Å². The van der Waals surface area contributed by atoms with E-state index >= 15 is 0 Å². The quantitative estimate of drug-likeness (QED) is 0.885. The Labute approximate surface area is 102 Å². The fourth-order valence-corrected chi connectivity index (χ4v) is 1.68. The maximum Gasteiger partial charge on any atom is 0.128 e. The summed E-state index contributed by atoms with van der Waals surface area (Å²) < 4.78 is 14.3. The van der Waals surface area contributed by atoms with E-state index in [1.807, 2.05) is 6.92 Å². The van der Waals surface area contributed by atoms with E-state index in [1.54, 1.807) is 12.1 Å². The lowest BCUT2D eigenvalue weighted by atomic mass is 10.1. The number of benzene rings is 1. The van der Waals surface area contributed by atoms with Crippen LogP contribution in [-0.4, -0.2) is 6.54 Å². The van der Waals surface area contributed by atoms with Crippen LogP contribution in [0.5, 0.6) is 0 Å². The number of nitrogens with one attached hydrogen (secondary N) is 1. The van der Waals surface area contributed by atoms with Crippen molar-refractivity contribution < 1.29 is 4.39 Å². The van der Waals surface area contributed by atoms with Crippen molar-refractivity contribution in [2.45, 2.75) is 13.0 Å². The Kier molecular flexibility index (Phi) is 4.77. The molecule has 1 aromatic carbocycles. The largest absolute Gasteiger partial charge is 0.305 e. The zero-order valence-corrected chi connectivity index (χ0v) is 10.7. The molecule has 0 bridgehead atoms. The maximum atomic E-state index is 13.4. The van der Waals surface area contributed by atoms with Crippen LogP contribution in [0.1, 0.15) is 18.5 Å². The van der Waals surface area contributed by atoms with Gasteiger partial charge in [0.05, 0.1) is 0 Å². The number of hydrogen-bond acceptors (Lipinski definition) is 1. The van der Waals surface area contributed by atoms with Crippen LogP contribution >= 0.6 is 27.5 Å². The van der Waals surface area contributed by atoms with Gasteiger partial charge < -0.3 is 5.32 Å². The third-order valence-corrected chi connectivity index (χ3v) is 2.65. The molecule has 0 aromatic heterocycles. The summed E-state index contributed by atoms with van der Waals surface area (Å²) in [5.41, 5.74) is 0.613. The first kappa shape index (κ1) is 12.7. The molecule has 0 heterocycles. The molecule has 0 spiro atoms. The van der Waals surface area contributed by atoms with E-state index in [-0.39, 0.29) is 11.9 Å². The Morgan fingerprint density at radius 2 is 2.33 bits per heavy atom. The summed E-state index contributed by atoms with van der Waals surface area (Å²) in [4.78, 5) is 0. The van der Waals surface area contributed by atoms with Crippen LogP contribution in [0.4, 0.5) is 4.39 Å². The monoisotopic (exact) mass is 291 g/mol. The van der Waals surface area contributed by atoms with Gasteiger partial charge in [0.25, 0.3) is 0 Å². The molecule has 0 amide bonds. The minimum Gasteiger partial charge on any atom is -0.305 e. The summed E-state index contributed by atoms with van der Waals surface area (Å²) in [6.45, 7) is 5.91. The van der Waals surface area contributed by atoms with E-state index in [4.69, 9.17) is 11.6 Å². The first-order valence-corrected chi connectivity index (χ1v) is 5.69. The predicted octanol–water partition coefficient (Wildman–Crippen LogP) is 3.99. The molecule has 1 unspecified atom stereocenters. The van der Waals surface area contributed by atoms with E-state index < -0.39 is 0 Å². The topological polar surface area (TPSA) is 12.0 Å². The van der Waals surface area contributed by atoms with Crippen molar-refractivity contribution in [3.8, 4) is 0 Å². The van der Waals surface area contributed by atoms with Gasteiger partial charge in [-0.15, -0.1) is 0 Å². The van der Waals surface area contributed by atoms with Gasteiger partial charge in [0, 0.05) is 27.7 Å². The molecule has 0 fully saturated rings. The van der Waals surface area contributed by atoms with E-state index in [9.17, 15) is 4.39 Å². The third kappa shape index (κ3) is 3.93. The molecule has 0 saturated carbocycles. The Hall–Kier alpha value is -0.380. The second-order valence-corrected chi connectivity index (χ2v) is 4.74. The van der Waals surface area contributed by atoms with E-state index in [0.717, 1.165) is 4.47 Å². The van der Waals surface area contributed by atoms with Crippen molar-refractivity contribution in [3.05, 3.63) is 45.7 Å². The Morgan fingerprint density at radius 3 is 2.93 bits per heavy atom. The minimum absolute atomic E-state index is 0.0991. The molecule has 0 aliphatic rings. The van der Waals surface area contributed by atoms with Crippen molar-refractivity contribution in [1.29, 1.82) is 0 Å². The van der Waals surface area contributed by atoms with Crippen LogP contribution in [0, 0.1) is 5.82 Å². The van der Waals surface area contributed by atoms with Crippen LogP contribution in [0.15, 0.2) is 34.3 Å². The predicted molar refractivity (Wildman–Crippen MR) is 65.5 cm³/mol. The summed E-state index contributed by atoms with van der Waals surface area (Å²) >= 11 is 8.93. The zero-order chi connectivity index (χ0) is 11.4. The van der Waals surface area contributed by atoms with Crippen LogP contribution in [0.2, 0.25) is 0 Å². The lowest BCUT2D eigenvalue weighted by Gasteiger charge is -2.14. The van der Waals surface area contributed by atoms with E-state index in [0.29, 0.717) is 17.1 Å². The van der Waals surface area contributed by atoms with Crippen molar-refractivity contribution in [1.82, 2.24) is 5.32 Å². The van der Waals surface area contributed by atoms with Gasteiger partial charge in [0.2, 0.25) is 0 Å². The second kappa shape index (κ2) is 5.64. The summed E-state index contributed by atoms with van der Waals surface area (Å²) in [6, 6.07) is 4.77. The van der Waals surface area contributed by atoms with Crippen LogP contribution in [0.3, 0.4) is 0 Å². The van der Waals surface area contributed by atoms with Crippen LogP contribution in [0.25, 0.3) is 0 Å². The highest BCUT2D eigenvalue weighted by molar-refractivity contribution is 9.10. The molecule has 1 aromatic rings. The van der Waals surface area contributed by atoms with Gasteiger partial charge >= 0.3 is 0 Å². The van der Waals surface area contributed by atoms with E-state index in [2.05, 4.69) is 27.8 Å². The molecule has 15 heavy (non-hydrogen) atoms. The van der Waals surface area contributed by atoms with Crippen molar-refractivity contribution in [2.75, 3.05) is 6.54 Å². The fourth-order valence-electron chi connectivity index (χ4n) is 1.22. The molecule has 1 rings (SSSR count). The number of hydrogen-bond donors (Lipinski definition) is 1. The highest BCUT2D eigenvalue weighted by Gasteiger charge is 2.10. The van der Waals surface area contributed by atoms with Crippen LogP contribution < -0.4 is 5.32 Å². The maximum absolute atomic E-state index is 13.4. The minimum atomic E-state index is -0.224.